The highest BCUT2D eigenvalue weighted by Crippen LogP contribution is 2.35. The van der Waals surface area contributed by atoms with Crippen molar-refractivity contribution < 1.29 is 4.79 Å². The fourth-order valence-electron chi connectivity index (χ4n) is 2.09. The summed E-state index contributed by atoms with van der Waals surface area (Å²) in [5.41, 5.74) is 0.421. The van der Waals surface area contributed by atoms with Crippen molar-refractivity contribution in [3.63, 3.8) is 0 Å². The Bertz CT molecular complexity index is 167. The maximum absolute atomic E-state index is 11.0. The van der Waals surface area contributed by atoms with Gasteiger partial charge in [-0.1, -0.05) is 26.7 Å². The minimum Gasteiger partial charge on any atom is -0.356 e. The monoisotopic (exact) mass is 183 g/mol. The molecule has 0 aromatic carbocycles. The molecule has 1 saturated heterocycles. The molecule has 1 atom stereocenters. The van der Waals surface area contributed by atoms with E-state index in [9.17, 15) is 4.79 Å². The third-order valence-electron chi connectivity index (χ3n) is 3.35. The highest BCUT2D eigenvalue weighted by Gasteiger charge is 2.31. The SMILES string of the molecule is CCCCC1(CC)CCC(=O)NC1. The van der Waals surface area contributed by atoms with E-state index < -0.39 is 0 Å². The minimum absolute atomic E-state index is 0.237. The summed E-state index contributed by atoms with van der Waals surface area (Å²) in [6.45, 7) is 5.38. The molecule has 1 rings (SSSR count). The van der Waals surface area contributed by atoms with Gasteiger partial charge in [0.05, 0.1) is 0 Å². The van der Waals surface area contributed by atoms with Crippen LogP contribution in [0.2, 0.25) is 0 Å². The van der Waals surface area contributed by atoms with Crippen LogP contribution in [0.5, 0.6) is 0 Å². The first-order valence-corrected chi connectivity index (χ1v) is 5.49. The van der Waals surface area contributed by atoms with Crippen LogP contribution in [0.1, 0.15) is 52.4 Å². The lowest BCUT2D eigenvalue weighted by atomic mass is 9.74. The van der Waals surface area contributed by atoms with E-state index in [0.717, 1.165) is 19.4 Å². The van der Waals surface area contributed by atoms with Crippen LogP contribution >= 0.6 is 0 Å². The molecule has 1 unspecified atom stereocenters. The zero-order chi connectivity index (χ0) is 9.73. The molecule has 2 heteroatoms. The number of nitrogens with one attached hydrogen (secondary N) is 1. The van der Waals surface area contributed by atoms with Gasteiger partial charge >= 0.3 is 0 Å². The molecule has 0 aromatic rings. The second-order valence-corrected chi connectivity index (χ2v) is 4.23. The average Bonchev–Trinajstić information content (AvgIpc) is 2.18. The number of carbonyl (C=O) groups excluding carboxylic acids is 1. The molecule has 0 spiro atoms. The van der Waals surface area contributed by atoms with Crippen LogP contribution in [0, 0.1) is 5.41 Å². The van der Waals surface area contributed by atoms with Crippen molar-refractivity contribution >= 4 is 5.91 Å². The van der Waals surface area contributed by atoms with E-state index >= 15 is 0 Å². The van der Waals surface area contributed by atoms with Gasteiger partial charge in [0.15, 0.2) is 0 Å². The summed E-state index contributed by atoms with van der Waals surface area (Å²) < 4.78 is 0. The number of rotatable bonds is 4. The van der Waals surface area contributed by atoms with Crippen molar-refractivity contribution in [1.82, 2.24) is 5.32 Å². The van der Waals surface area contributed by atoms with Crippen LogP contribution in [-0.2, 0) is 4.79 Å². The highest BCUT2D eigenvalue weighted by molar-refractivity contribution is 5.76. The molecule has 0 bridgehead atoms. The summed E-state index contributed by atoms with van der Waals surface area (Å²) in [5, 5.41) is 2.99. The summed E-state index contributed by atoms with van der Waals surface area (Å²) in [6, 6.07) is 0. The lowest BCUT2D eigenvalue weighted by Gasteiger charge is -2.36. The number of unbranched alkanes of at least 4 members (excludes halogenated alkanes) is 1. The van der Waals surface area contributed by atoms with Gasteiger partial charge < -0.3 is 5.32 Å². The molecule has 1 N–H and O–H groups in total. The van der Waals surface area contributed by atoms with Gasteiger partial charge in [-0.05, 0) is 24.7 Å². The molecular formula is C11H21NO. The Kier molecular flexibility index (Phi) is 3.76. The van der Waals surface area contributed by atoms with Gasteiger partial charge in [0.2, 0.25) is 5.91 Å². The Hall–Kier alpha value is -0.530. The minimum atomic E-state index is 0.237. The van der Waals surface area contributed by atoms with Gasteiger partial charge in [-0.15, -0.1) is 0 Å². The van der Waals surface area contributed by atoms with E-state index in [1.165, 1.54) is 25.7 Å². The molecule has 1 fully saturated rings. The highest BCUT2D eigenvalue weighted by atomic mass is 16.1. The van der Waals surface area contributed by atoms with Crippen LogP contribution in [0.3, 0.4) is 0 Å². The second-order valence-electron chi connectivity index (χ2n) is 4.23. The molecule has 13 heavy (non-hydrogen) atoms. The Balaban J connectivity index is 2.44. The first-order chi connectivity index (χ1) is 6.22. The maximum atomic E-state index is 11.0. The fraction of sp³-hybridized carbons (Fsp3) is 0.909. The van der Waals surface area contributed by atoms with Gasteiger partial charge in [-0.25, -0.2) is 0 Å². The number of amides is 1. The first kappa shape index (κ1) is 10.6. The Morgan fingerprint density at radius 2 is 2.23 bits per heavy atom. The number of hydrogen-bond acceptors (Lipinski definition) is 1. The van der Waals surface area contributed by atoms with Gasteiger partial charge in [-0.2, -0.15) is 0 Å². The Morgan fingerprint density at radius 3 is 2.69 bits per heavy atom. The third kappa shape index (κ3) is 2.71. The molecule has 2 nitrogen and oxygen atoms in total. The summed E-state index contributed by atoms with van der Waals surface area (Å²) in [4.78, 5) is 11.0. The molecule has 1 aliphatic heterocycles. The topological polar surface area (TPSA) is 29.1 Å². The maximum Gasteiger partial charge on any atom is 0.220 e. The van der Waals surface area contributed by atoms with Crippen LogP contribution in [0.25, 0.3) is 0 Å². The zero-order valence-electron chi connectivity index (χ0n) is 8.86. The second kappa shape index (κ2) is 4.64. The smallest absolute Gasteiger partial charge is 0.220 e. The normalized spacial score (nSPS) is 28.6. The van der Waals surface area contributed by atoms with E-state index in [2.05, 4.69) is 19.2 Å². The number of piperidine rings is 1. The van der Waals surface area contributed by atoms with E-state index in [4.69, 9.17) is 0 Å². The lowest BCUT2D eigenvalue weighted by Crippen LogP contribution is -2.42. The molecule has 0 radical (unpaired) electrons. The molecule has 0 aliphatic carbocycles. The predicted octanol–water partition coefficient (Wildman–Crippen LogP) is 2.48. The van der Waals surface area contributed by atoms with Crippen LogP contribution in [0.4, 0.5) is 0 Å². The molecule has 76 valence electrons. The Labute approximate surface area is 81.1 Å². The zero-order valence-corrected chi connectivity index (χ0v) is 8.86. The van der Waals surface area contributed by atoms with E-state index in [0.29, 0.717) is 5.41 Å². The van der Waals surface area contributed by atoms with E-state index in [1.807, 2.05) is 0 Å². The van der Waals surface area contributed by atoms with Gasteiger partial charge in [0.1, 0.15) is 0 Å². The lowest BCUT2D eigenvalue weighted by molar-refractivity contribution is -0.124. The van der Waals surface area contributed by atoms with E-state index in [1.54, 1.807) is 0 Å². The molecule has 1 amide bonds. The quantitative estimate of drug-likeness (QED) is 0.712. The fourth-order valence-corrected chi connectivity index (χ4v) is 2.09. The largest absolute Gasteiger partial charge is 0.356 e. The summed E-state index contributed by atoms with van der Waals surface area (Å²) in [7, 11) is 0. The molecule has 1 aliphatic rings. The number of carbonyl (C=O) groups is 1. The van der Waals surface area contributed by atoms with Crippen molar-refractivity contribution in [2.75, 3.05) is 6.54 Å². The molecule has 0 saturated carbocycles. The van der Waals surface area contributed by atoms with Gasteiger partial charge in [0, 0.05) is 13.0 Å². The van der Waals surface area contributed by atoms with Crippen molar-refractivity contribution in [3.8, 4) is 0 Å². The van der Waals surface area contributed by atoms with Gasteiger partial charge in [0.25, 0.3) is 0 Å². The third-order valence-corrected chi connectivity index (χ3v) is 3.35. The summed E-state index contributed by atoms with van der Waals surface area (Å²) in [5.74, 6) is 0.237. The van der Waals surface area contributed by atoms with E-state index in [-0.39, 0.29) is 5.91 Å². The summed E-state index contributed by atoms with van der Waals surface area (Å²) in [6.07, 6.45) is 6.86. The van der Waals surface area contributed by atoms with Crippen LogP contribution in [-0.4, -0.2) is 12.5 Å². The standard InChI is InChI=1S/C11H21NO/c1-3-5-7-11(4-2)8-6-10(13)12-9-11/h3-9H2,1-2H3,(H,12,13). The molecular weight excluding hydrogens is 162 g/mol. The summed E-state index contributed by atoms with van der Waals surface area (Å²) >= 11 is 0. The molecule has 0 aromatic heterocycles. The van der Waals surface area contributed by atoms with Crippen molar-refractivity contribution in [2.45, 2.75) is 52.4 Å². The predicted molar refractivity (Wildman–Crippen MR) is 54.5 cm³/mol. The Morgan fingerprint density at radius 1 is 1.46 bits per heavy atom. The van der Waals surface area contributed by atoms with Crippen LogP contribution in [0.15, 0.2) is 0 Å². The molecule has 1 heterocycles. The van der Waals surface area contributed by atoms with Crippen molar-refractivity contribution in [3.05, 3.63) is 0 Å². The average molecular weight is 183 g/mol. The van der Waals surface area contributed by atoms with Crippen LogP contribution < -0.4 is 5.32 Å². The number of hydrogen-bond donors (Lipinski definition) is 1. The van der Waals surface area contributed by atoms with Gasteiger partial charge in [-0.3, -0.25) is 4.79 Å². The first-order valence-electron chi connectivity index (χ1n) is 5.49. The van der Waals surface area contributed by atoms with Crippen molar-refractivity contribution in [1.29, 1.82) is 0 Å². The van der Waals surface area contributed by atoms with Crippen molar-refractivity contribution in [2.24, 2.45) is 5.41 Å².